The monoisotopic (exact) mass is 356 g/mol. The van der Waals surface area contributed by atoms with Crippen LogP contribution >= 0.6 is 0 Å². The Labute approximate surface area is 153 Å². The van der Waals surface area contributed by atoms with Gasteiger partial charge in [0.25, 0.3) is 0 Å². The molecule has 2 rings (SSSR count). The number of ether oxygens (including phenoxy) is 2. The molecule has 6 heteroatoms. The van der Waals surface area contributed by atoms with Crippen LogP contribution in [0.2, 0.25) is 0 Å². The van der Waals surface area contributed by atoms with E-state index in [2.05, 4.69) is 10.6 Å². The predicted molar refractivity (Wildman–Crippen MR) is 101 cm³/mol. The Balaban J connectivity index is 1.83. The SMILES string of the molecule is CCCC(=O)NCC(=O)Nc1ccc(Oc2ccc(OCC)cc2)cc1. The Morgan fingerprint density at radius 1 is 0.846 bits per heavy atom. The van der Waals surface area contributed by atoms with E-state index in [1.54, 1.807) is 24.3 Å². The third kappa shape index (κ3) is 6.47. The first kappa shape index (κ1) is 19.3. The van der Waals surface area contributed by atoms with Gasteiger partial charge >= 0.3 is 0 Å². The van der Waals surface area contributed by atoms with E-state index in [0.717, 1.165) is 12.2 Å². The van der Waals surface area contributed by atoms with Gasteiger partial charge in [0.05, 0.1) is 13.2 Å². The molecule has 0 aliphatic carbocycles. The van der Waals surface area contributed by atoms with Crippen molar-refractivity contribution in [3.8, 4) is 17.2 Å². The van der Waals surface area contributed by atoms with Gasteiger partial charge in [0, 0.05) is 12.1 Å². The molecule has 0 heterocycles. The van der Waals surface area contributed by atoms with E-state index in [1.165, 1.54) is 0 Å². The molecule has 0 aliphatic heterocycles. The van der Waals surface area contributed by atoms with Gasteiger partial charge in [-0.25, -0.2) is 0 Å². The minimum Gasteiger partial charge on any atom is -0.494 e. The van der Waals surface area contributed by atoms with Crippen LogP contribution in [0.15, 0.2) is 48.5 Å². The summed E-state index contributed by atoms with van der Waals surface area (Å²) in [5.74, 6) is 1.76. The van der Waals surface area contributed by atoms with Crippen LogP contribution in [0.1, 0.15) is 26.7 Å². The lowest BCUT2D eigenvalue weighted by molar-refractivity contribution is -0.124. The predicted octanol–water partition coefficient (Wildman–Crippen LogP) is 3.73. The summed E-state index contributed by atoms with van der Waals surface area (Å²) in [5, 5.41) is 5.30. The fourth-order valence-electron chi connectivity index (χ4n) is 2.21. The maximum Gasteiger partial charge on any atom is 0.243 e. The first-order valence-corrected chi connectivity index (χ1v) is 8.68. The largest absolute Gasteiger partial charge is 0.494 e. The van der Waals surface area contributed by atoms with E-state index in [4.69, 9.17) is 9.47 Å². The summed E-state index contributed by atoms with van der Waals surface area (Å²) in [6, 6.07) is 14.4. The van der Waals surface area contributed by atoms with Crippen LogP contribution < -0.4 is 20.1 Å². The summed E-state index contributed by atoms with van der Waals surface area (Å²) < 4.78 is 11.1. The highest BCUT2D eigenvalue weighted by molar-refractivity contribution is 5.94. The Bertz CT molecular complexity index is 712. The highest BCUT2D eigenvalue weighted by atomic mass is 16.5. The second kappa shape index (κ2) is 10.1. The minimum atomic E-state index is -0.269. The van der Waals surface area contributed by atoms with Gasteiger partial charge in [-0.2, -0.15) is 0 Å². The van der Waals surface area contributed by atoms with Crippen molar-refractivity contribution in [3.63, 3.8) is 0 Å². The fraction of sp³-hybridized carbons (Fsp3) is 0.300. The molecule has 0 radical (unpaired) electrons. The van der Waals surface area contributed by atoms with Gasteiger partial charge in [-0.05, 0) is 61.9 Å². The standard InChI is InChI=1S/C20H24N2O4/c1-3-5-19(23)21-14-20(24)22-15-6-8-17(9-7-15)26-18-12-10-16(11-13-18)25-4-2/h6-13H,3-5,14H2,1-2H3,(H,21,23)(H,22,24). The molecule has 2 aromatic carbocycles. The maximum atomic E-state index is 11.8. The topological polar surface area (TPSA) is 76.7 Å². The third-order valence-electron chi connectivity index (χ3n) is 3.43. The van der Waals surface area contributed by atoms with E-state index in [-0.39, 0.29) is 18.4 Å². The Morgan fingerprint density at radius 3 is 2.00 bits per heavy atom. The highest BCUT2D eigenvalue weighted by Crippen LogP contribution is 2.25. The second-order valence-electron chi connectivity index (χ2n) is 5.61. The Hall–Kier alpha value is -3.02. The first-order valence-electron chi connectivity index (χ1n) is 8.68. The van der Waals surface area contributed by atoms with Crippen LogP contribution in [0.4, 0.5) is 5.69 Å². The van der Waals surface area contributed by atoms with Gasteiger partial charge < -0.3 is 20.1 Å². The summed E-state index contributed by atoms with van der Waals surface area (Å²) in [6.07, 6.45) is 1.17. The van der Waals surface area contributed by atoms with Crippen LogP contribution in [0.25, 0.3) is 0 Å². The molecule has 138 valence electrons. The van der Waals surface area contributed by atoms with Crippen LogP contribution in [-0.2, 0) is 9.59 Å². The first-order chi connectivity index (χ1) is 12.6. The van der Waals surface area contributed by atoms with Gasteiger partial charge in [0.1, 0.15) is 17.2 Å². The summed E-state index contributed by atoms with van der Waals surface area (Å²) in [7, 11) is 0. The van der Waals surface area contributed by atoms with Crippen molar-refractivity contribution < 1.29 is 19.1 Å². The highest BCUT2D eigenvalue weighted by Gasteiger charge is 2.06. The van der Waals surface area contributed by atoms with Crippen molar-refractivity contribution in [1.82, 2.24) is 5.32 Å². The van der Waals surface area contributed by atoms with Crippen LogP contribution in [-0.4, -0.2) is 25.0 Å². The van der Waals surface area contributed by atoms with Crippen molar-refractivity contribution >= 4 is 17.5 Å². The molecule has 6 nitrogen and oxygen atoms in total. The summed E-state index contributed by atoms with van der Waals surface area (Å²) in [6.45, 7) is 4.43. The zero-order valence-electron chi connectivity index (χ0n) is 15.1. The van der Waals surface area contributed by atoms with Crippen LogP contribution in [0.3, 0.4) is 0 Å². The molecule has 0 atom stereocenters. The molecular weight excluding hydrogens is 332 g/mol. The molecule has 0 saturated heterocycles. The molecule has 0 unspecified atom stereocenters. The van der Waals surface area contributed by atoms with Gasteiger partial charge in [0.15, 0.2) is 0 Å². The minimum absolute atomic E-state index is 0.0384. The molecule has 0 aliphatic rings. The molecule has 0 spiro atoms. The fourth-order valence-corrected chi connectivity index (χ4v) is 2.21. The number of rotatable bonds is 9. The number of hydrogen-bond donors (Lipinski definition) is 2. The van der Waals surface area contributed by atoms with E-state index < -0.39 is 0 Å². The normalized spacial score (nSPS) is 10.1. The number of nitrogens with one attached hydrogen (secondary N) is 2. The van der Waals surface area contributed by atoms with Gasteiger partial charge in [0.2, 0.25) is 11.8 Å². The Morgan fingerprint density at radius 2 is 1.42 bits per heavy atom. The molecule has 0 aromatic heterocycles. The third-order valence-corrected chi connectivity index (χ3v) is 3.43. The summed E-state index contributed by atoms with van der Waals surface area (Å²) in [5.41, 5.74) is 0.638. The van der Waals surface area contributed by atoms with Gasteiger partial charge in [-0.3, -0.25) is 9.59 Å². The second-order valence-corrected chi connectivity index (χ2v) is 5.61. The van der Waals surface area contributed by atoms with E-state index in [1.807, 2.05) is 38.1 Å². The van der Waals surface area contributed by atoms with Crippen molar-refractivity contribution in [2.24, 2.45) is 0 Å². The van der Waals surface area contributed by atoms with Crippen LogP contribution in [0.5, 0.6) is 17.2 Å². The summed E-state index contributed by atoms with van der Waals surface area (Å²) in [4.78, 5) is 23.2. The molecular formula is C20H24N2O4. The lowest BCUT2D eigenvalue weighted by atomic mass is 10.3. The van der Waals surface area contributed by atoms with E-state index in [0.29, 0.717) is 30.2 Å². The molecule has 2 amide bonds. The lowest BCUT2D eigenvalue weighted by Gasteiger charge is -2.09. The lowest BCUT2D eigenvalue weighted by Crippen LogP contribution is -2.32. The van der Waals surface area contributed by atoms with Gasteiger partial charge in [-0.1, -0.05) is 6.92 Å². The van der Waals surface area contributed by atoms with Crippen molar-refractivity contribution in [2.75, 3.05) is 18.5 Å². The van der Waals surface area contributed by atoms with Crippen molar-refractivity contribution in [1.29, 1.82) is 0 Å². The smallest absolute Gasteiger partial charge is 0.243 e. The maximum absolute atomic E-state index is 11.8. The van der Waals surface area contributed by atoms with Crippen LogP contribution in [0, 0.1) is 0 Å². The molecule has 2 N–H and O–H groups in total. The number of anilines is 1. The van der Waals surface area contributed by atoms with E-state index >= 15 is 0 Å². The number of amides is 2. The molecule has 0 fully saturated rings. The van der Waals surface area contributed by atoms with Crippen molar-refractivity contribution in [3.05, 3.63) is 48.5 Å². The summed E-state index contributed by atoms with van der Waals surface area (Å²) >= 11 is 0. The van der Waals surface area contributed by atoms with Gasteiger partial charge in [-0.15, -0.1) is 0 Å². The number of carbonyl (C=O) groups excluding carboxylic acids is 2. The molecule has 0 bridgehead atoms. The number of carbonyl (C=O) groups is 2. The average Bonchev–Trinajstić information content (AvgIpc) is 2.64. The molecule has 0 saturated carbocycles. The van der Waals surface area contributed by atoms with Crippen molar-refractivity contribution in [2.45, 2.75) is 26.7 Å². The number of hydrogen-bond acceptors (Lipinski definition) is 4. The van der Waals surface area contributed by atoms with E-state index in [9.17, 15) is 9.59 Å². The molecule has 2 aromatic rings. The number of benzene rings is 2. The average molecular weight is 356 g/mol. The quantitative estimate of drug-likeness (QED) is 0.718. The zero-order chi connectivity index (χ0) is 18.8. The Kier molecular flexibility index (Phi) is 7.49. The molecule has 26 heavy (non-hydrogen) atoms. The zero-order valence-corrected chi connectivity index (χ0v) is 15.1.